The van der Waals surface area contributed by atoms with Gasteiger partial charge in [-0.3, -0.25) is 0 Å². The molecule has 13 heavy (non-hydrogen) atoms. The molecule has 1 rings (SSSR count). The predicted octanol–water partition coefficient (Wildman–Crippen LogP) is 2.10. The minimum atomic E-state index is 0.939. The van der Waals surface area contributed by atoms with Crippen LogP contribution < -0.4 is 4.90 Å². The molecule has 1 aromatic rings. The summed E-state index contributed by atoms with van der Waals surface area (Å²) in [5.41, 5.74) is 1.12. The lowest BCUT2D eigenvalue weighted by Crippen LogP contribution is -2.07. The molecule has 0 unspecified atom stereocenters. The summed E-state index contributed by atoms with van der Waals surface area (Å²) in [5.74, 6) is 0. The molecule has 4 heteroatoms. The van der Waals surface area contributed by atoms with Gasteiger partial charge in [-0.15, -0.1) is 4.40 Å². The first-order valence-corrected chi connectivity index (χ1v) is 4.53. The first-order valence-electron chi connectivity index (χ1n) is 3.75. The van der Waals surface area contributed by atoms with E-state index in [1.807, 2.05) is 43.3 Å². The van der Waals surface area contributed by atoms with E-state index >= 15 is 0 Å². The van der Waals surface area contributed by atoms with E-state index in [1.165, 1.54) is 6.08 Å². The molecule has 1 aromatic carbocycles. The normalized spacial score (nSPS) is 9.08. The van der Waals surface area contributed by atoms with Crippen LogP contribution in [0.4, 0.5) is 5.69 Å². The number of carbonyl (C=O) groups excluding carboxylic acids is 1. The van der Waals surface area contributed by atoms with Gasteiger partial charge in [-0.05, 0) is 24.3 Å². The first-order chi connectivity index (χ1) is 6.24. The largest absolute Gasteiger partial charge is 0.378 e. The van der Waals surface area contributed by atoms with Gasteiger partial charge in [0.05, 0.1) is 0 Å². The quantitative estimate of drug-likeness (QED) is 0.419. The van der Waals surface area contributed by atoms with E-state index in [0.717, 1.165) is 22.5 Å². The van der Waals surface area contributed by atoms with Crippen molar-refractivity contribution in [1.82, 2.24) is 0 Å². The Hall–Kier alpha value is -1.25. The van der Waals surface area contributed by atoms with Gasteiger partial charge in [-0.25, -0.2) is 4.79 Å². The molecule has 3 nitrogen and oxygen atoms in total. The predicted molar refractivity (Wildman–Crippen MR) is 54.7 cm³/mol. The highest BCUT2D eigenvalue weighted by Crippen LogP contribution is 2.21. The summed E-state index contributed by atoms with van der Waals surface area (Å²) in [6, 6.07) is 7.78. The van der Waals surface area contributed by atoms with Crippen LogP contribution in [0.25, 0.3) is 0 Å². The summed E-state index contributed by atoms with van der Waals surface area (Å²) >= 11 is 1.12. The van der Waals surface area contributed by atoms with Crippen LogP contribution in [-0.2, 0) is 4.79 Å². The van der Waals surface area contributed by atoms with E-state index in [9.17, 15) is 4.79 Å². The Balaban J connectivity index is 2.75. The van der Waals surface area contributed by atoms with Gasteiger partial charge in [0.2, 0.25) is 6.08 Å². The Morgan fingerprint density at radius 3 is 2.38 bits per heavy atom. The van der Waals surface area contributed by atoms with Gasteiger partial charge in [0.25, 0.3) is 0 Å². The van der Waals surface area contributed by atoms with Crippen molar-refractivity contribution in [1.29, 1.82) is 0 Å². The van der Waals surface area contributed by atoms with E-state index in [0.29, 0.717) is 0 Å². The van der Waals surface area contributed by atoms with Gasteiger partial charge in [0.15, 0.2) is 0 Å². The molecule has 0 aromatic heterocycles. The standard InChI is InChI=1S/C9H10N2OS/c1-11(2)8-3-5-9(6-4-8)13-10-7-12/h3-6H,1-2H3. The van der Waals surface area contributed by atoms with Crippen LogP contribution in [0.2, 0.25) is 0 Å². The lowest BCUT2D eigenvalue weighted by atomic mass is 10.3. The van der Waals surface area contributed by atoms with Crippen molar-refractivity contribution >= 4 is 23.7 Å². The second kappa shape index (κ2) is 4.70. The van der Waals surface area contributed by atoms with Crippen LogP contribution in [0.1, 0.15) is 0 Å². The topological polar surface area (TPSA) is 32.7 Å². The summed E-state index contributed by atoms with van der Waals surface area (Å²) in [4.78, 5) is 12.8. The number of rotatable bonds is 3. The molecular formula is C9H10N2OS. The molecule has 0 aliphatic heterocycles. The molecule has 0 saturated heterocycles. The summed E-state index contributed by atoms with van der Waals surface area (Å²) in [6.45, 7) is 0. The van der Waals surface area contributed by atoms with Crippen molar-refractivity contribution in [2.24, 2.45) is 4.40 Å². The van der Waals surface area contributed by atoms with Gasteiger partial charge in [-0.2, -0.15) is 0 Å². The third-order valence-corrected chi connectivity index (χ3v) is 2.19. The zero-order valence-corrected chi connectivity index (χ0v) is 8.34. The number of hydrogen-bond acceptors (Lipinski definition) is 4. The monoisotopic (exact) mass is 194 g/mol. The third kappa shape index (κ3) is 2.93. The number of benzene rings is 1. The van der Waals surface area contributed by atoms with Crippen molar-refractivity contribution in [3.8, 4) is 0 Å². The van der Waals surface area contributed by atoms with Crippen molar-refractivity contribution < 1.29 is 4.79 Å². The van der Waals surface area contributed by atoms with Crippen LogP contribution in [0.5, 0.6) is 0 Å². The fourth-order valence-electron chi connectivity index (χ4n) is 0.876. The van der Waals surface area contributed by atoms with Crippen molar-refractivity contribution in [2.45, 2.75) is 4.90 Å². The van der Waals surface area contributed by atoms with E-state index in [4.69, 9.17) is 0 Å². The molecule has 0 atom stereocenters. The Morgan fingerprint density at radius 1 is 1.31 bits per heavy atom. The second-order valence-corrected chi connectivity index (χ2v) is 3.50. The number of nitrogens with zero attached hydrogens (tertiary/aromatic N) is 2. The van der Waals surface area contributed by atoms with Crippen LogP contribution in [-0.4, -0.2) is 20.2 Å². The molecule has 0 aliphatic carbocycles. The van der Waals surface area contributed by atoms with Gasteiger partial charge >= 0.3 is 0 Å². The Labute approximate surface area is 81.6 Å². The molecule has 0 amide bonds. The van der Waals surface area contributed by atoms with Crippen molar-refractivity contribution in [3.63, 3.8) is 0 Å². The third-order valence-electron chi connectivity index (χ3n) is 1.54. The maximum Gasteiger partial charge on any atom is 0.247 e. The second-order valence-electron chi connectivity index (χ2n) is 2.66. The molecule has 0 fully saturated rings. The zero-order chi connectivity index (χ0) is 9.68. The molecule has 0 saturated carbocycles. The zero-order valence-electron chi connectivity index (χ0n) is 7.52. The van der Waals surface area contributed by atoms with Gasteiger partial charge in [0, 0.05) is 36.6 Å². The minimum Gasteiger partial charge on any atom is -0.378 e. The van der Waals surface area contributed by atoms with Gasteiger partial charge in [0.1, 0.15) is 0 Å². The summed E-state index contributed by atoms with van der Waals surface area (Å²) in [7, 11) is 3.96. The smallest absolute Gasteiger partial charge is 0.247 e. The summed E-state index contributed by atoms with van der Waals surface area (Å²) in [6.07, 6.45) is 1.48. The molecular weight excluding hydrogens is 184 g/mol. The van der Waals surface area contributed by atoms with E-state index in [1.54, 1.807) is 0 Å². The maximum absolute atomic E-state index is 9.83. The molecule has 0 bridgehead atoms. The molecule has 0 aliphatic rings. The minimum absolute atomic E-state index is 0.939. The number of hydrogen-bond donors (Lipinski definition) is 0. The molecule has 0 N–H and O–H groups in total. The lowest BCUT2D eigenvalue weighted by Gasteiger charge is -2.11. The fraction of sp³-hybridized carbons (Fsp3) is 0.222. The van der Waals surface area contributed by atoms with Crippen LogP contribution >= 0.6 is 11.9 Å². The molecule has 0 spiro atoms. The average molecular weight is 194 g/mol. The van der Waals surface area contributed by atoms with Gasteiger partial charge in [-0.1, -0.05) is 0 Å². The van der Waals surface area contributed by atoms with Crippen LogP contribution in [0.15, 0.2) is 33.6 Å². The van der Waals surface area contributed by atoms with E-state index in [2.05, 4.69) is 4.40 Å². The van der Waals surface area contributed by atoms with Crippen LogP contribution in [0.3, 0.4) is 0 Å². The highest BCUT2D eigenvalue weighted by atomic mass is 32.2. The number of isocyanates is 1. The van der Waals surface area contributed by atoms with Crippen LogP contribution in [0, 0.1) is 0 Å². The summed E-state index contributed by atoms with van der Waals surface area (Å²) in [5, 5.41) is 0. The highest BCUT2D eigenvalue weighted by molar-refractivity contribution is 7.98. The number of anilines is 1. The Kier molecular flexibility index (Phi) is 3.55. The van der Waals surface area contributed by atoms with Gasteiger partial charge < -0.3 is 4.90 Å². The SMILES string of the molecule is CN(C)c1ccc(SN=C=O)cc1. The Morgan fingerprint density at radius 2 is 1.92 bits per heavy atom. The summed E-state index contributed by atoms with van der Waals surface area (Å²) < 4.78 is 3.41. The lowest BCUT2D eigenvalue weighted by molar-refractivity contribution is 0.566. The molecule has 0 heterocycles. The highest BCUT2D eigenvalue weighted by Gasteiger charge is 1.95. The van der Waals surface area contributed by atoms with Crippen molar-refractivity contribution in [3.05, 3.63) is 24.3 Å². The van der Waals surface area contributed by atoms with E-state index in [-0.39, 0.29) is 0 Å². The van der Waals surface area contributed by atoms with Crippen molar-refractivity contribution in [2.75, 3.05) is 19.0 Å². The molecule has 68 valence electrons. The molecule has 0 radical (unpaired) electrons. The maximum atomic E-state index is 9.83. The fourth-order valence-corrected chi connectivity index (χ4v) is 1.28. The Bertz CT molecular complexity index is 315. The van der Waals surface area contributed by atoms with E-state index < -0.39 is 0 Å². The average Bonchev–Trinajstić information content (AvgIpc) is 2.15. The first kappa shape index (κ1) is 9.84.